The van der Waals surface area contributed by atoms with Crippen molar-refractivity contribution in [3.05, 3.63) is 0 Å². The first-order valence-electron chi connectivity index (χ1n) is 7.48. The van der Waals surface area contributed by atoms with E-state index in [0.717, 1.165) is 38.1 Å². The molecule has 0 spiro atoms. The molecule has 0 aromatic heterocycles. The molecule has 0 aliphatic carbocycles. The van der Waals surface area contributed by atoms with E-state index in [4.69, 9.17) is 31.6 Å². The van der Waals surface area contributed by atoms with Gasteiger partial charge in [0, 0.05) is 27.4 Å². The van der Waals surface area contributed by atoms with Crippen molar-refractivity contribution in [1.29, 1.82) is 0 Å². The molecule has 0 bridgehead atoms. The second kappa shape index (κ2) is 13.7. The number of methoxy groups -OCH3 is 2. The molecule has 0 aromatic rings. The van der Waals surface area contributed by atoms with Crippen molar-refractivity contribution in [3.63, 3.8) is 0 Å². The quantitative estimate of drug-likeness (QED) is 0.244. The van der Waals surface area contributed by atoms with Gasteiger partial charge < -0.3 is 9.47 Å². The molecule has 0 rings (SSSR count). The average molecular weight is 329 g/mol. The Hall–Kier alpha value is 0.717. The van der Waals surface area contributed by atoms with Crippen LogP contribution in [0.4, 0.5) is 0 Å². The fourth-order valence-electron chi connectivity index (χ4n) is 2.09. The van der Waals surface area contributed by atoms with E-state index in [1.54, 1.807) is 14.2 Å². The van der Waals surface area contributed by atoms with Gasteiger partial charge in [-0.2, -0.15) is 0 Å². The van der Waals surface area contributed by atoms with Crippen molar-refractivity contribution < 1.29 is 9.47 Å². The topological polar surface area (TPSA) is 18.5 Å². The fourth-order valence-corrected chi connectivity index (χ4v) is 5.48. The van der Waals surface area contributed by atoms with Crippen molar-refractivity contribution in [3.8, 4) is 0 Å². The Kier molecular flexibility index (Phi) is 14.2. The molecule has 116 valence electrons. The Bertz CT molecular complexity index is 174. The van der Waals surface area contributed by atoms with Crippen LogP contribution >= 0.6 is 22.2 Å². The van der Waals surface area contributed by atoms with Crippen LogP contribution in [-0.2, 0) is 9.47 Å². The van der Waals surface area contributed by atoms with Crippen molar-refractivity contribution in [2.75, 3.05) is 27.4 Å². The van der Waals surface area contributed by atoms with Gasteiger partial charge in [-0.15, -0.1) is 22.2 Å². The maximum Gasteiger partial charge on any atom is 0.251 e. The monoisotopic (exact) mass is 328 g/mol. The summed E-state index contributed by atoms with van der Waals surface area (Å²) in [7, 11) is 3.50. The van der Waals surface area contributed by atoms with E-state index in [2.05, 4.69) is 0 Å². The highest BCUT2D eigenvalue weighted by Gasteiger charge is 2.26. The minimum Gasteiger partial charge on any atom is -0.385 e. The van der Waals surface area contributed by atoms with Gasteiger partial charge in [-0.05, 0) is 24.9 Å². The Morgan fingerprint density at radius 1 is 0.632 bits per heavy atom. The summed E-state index contributed by atoms with van der Waals surface area (Å²) in [6.07, 6.45) is 9.55. The third-order valence-electron chi connectivity index (χ3n) is 3.28. The zero-order chi connectivity index (χ0) is 14.4. The third-order valence-corrected chi connectivity index (χ3v) is 7.72. The minimum atomic E-state index is -1.96. The first-order chi connectivity index (χ1) is 9.12. The summed E-state index contributed by atoms with van der Waals surface area (Å²) in [5, 5.41) is 0. The van der Waals surface area contributed by atoms with Crippen LogP contribution in [0.25, 0.3) is 0 Å². The molecule has 0 saturated carbocycles. The van der Waals surface area contributed by atoms with Crippen LogP contribution in [0.1, 0.15) is 51.4 Å². The predicted octanol–water partition coefficient (Wildman–Crippen LogP) is 5.32. The highest BCUT2D eigenvalue weighted by Crippen LogP contribution is 2.30. The molecule has 0 amide bonds. The van der Waals surface area contributed by atoms with Gasteiger partial charge >= 0.3 is 0 Å². The fraction of sp³-hybridized carbons (Fsp3) is 1.00. The molecule has 0 heterocycles. The molecule has 0 unspecified atom stereocenters. The van der Waals surface area contributed by atoms with Gasteiger partial charge in [-0.1, -0.05) is 38.5 Å². The summed E-state index contributed by atoms with van der Waals surface area (Å²) in [6.45, 7) is -0.225. The number of halogens is 2. The predicted molar refractivity (Wildman–Crippen MR) is 87.8 cm³/mol. The van der Waals surface area contributed by atoms with E-state index < -0.39 is 6.69 Å². The van der Waals surface area contributed by atoms with Gasteiger partial charge in [0.25, 0.3) is 6.69 Å². The van der Waals surface area contributed by atoms with Crippen LogP contribution < -0.4 is 0 Å². The first-order valence-corrected chi connectivity index (χ1v) is 11.9. The molecule has 0 atom stereocenters. The maximum atomic E-state index is 6.47. The van der Waals surface area contributed by atoms with E-state index >= 15 is 0 Å². The van der Waals surface area contributed by atoms with Gasteiger partial charge in [0.2, 0.25) is 0 Å². The summed E-state index contributed by atoms with van der Waals surface area (Å²) in [6, 6.07) is 2.09. The summed E-state index contributed by atoms with van der Waals surface area (Å²) in [4.78, 5) is 0. The molecule has 0 aliphatic heterocycles. The van der Waals surface area contributed by atoms with Crippen molar-refractivity contribution in [2.45, 2.75) is 63.5 Å². The molecule has 2 nitrogen and oxygen atoms in total. The van der Waals surface area contributed by atoms with Crippen molar-refractivity contribution in [1.82, 2.24) is 0 Å². The van der Waals surface area contributed by atoms with Gasteiger partial charge in [0.1, 0.15) is 0 Å². The largest absolute Gasteiger partial charge is 0.385 e. The molecule has 0 radical (unpaired) electrons. The first kappa shape index (κ1) is 19.7. The summed E-state index contributed by atoms with van der Waals surface area (Å²) in [5.74, 6) is 0. The summed E-state index contributed by atoms with van der Waals surface area (Å²) >= 11 is 12.9. The summed E-state index contributed by atoms with van der Waals surface area (Å²) in [5.41, 5.74) is 0. The lowest BCUT2D eigenvalue weighted by molar-refractivity contribution is 0.192. The number of ether oxygens (including phenoxy) is 2. The van der Waals surface area contributed by atoms with Crippen LogP contribution in [0.3, 0.4) is 0 Å². The Labute approximate surface area is 129 Å². The molecular weight excluding hydrogens is 299 g/mol. The zero-order valence-electron chi connectivity index (χ0n) is 12.6. The highest BCUT2D eigenvalue weighted by molar-refractivity contribution is 7.45. The highest BCUT2D eigenvalue weighted by atomic mass is 35.7. The number of hydrogen-bond donors (Lipinski definition) is 0. The van der Waals surface area contributed by atoms with E-state index in [9.17, 15) is 0 Å². The standard InChI is InChI=1S/C14H30Cl2O2Si/c1-17-11-7-3-5-9-13-19(15,16)14-10-6-4-8-12-18-2/h3-14H2,1-2H3. The molecule has 19 heavy (non-hydrogen) atoms. The number of hydrogen-bond acceptors (Lipinski definition) is 2. The minimum absolute atomic E-state index is 0.867. The average Bonchev–Trinajstić information content (AvgIpc) is 2.38. The Morgan fingerprint density at radius 3 is 1.37 bits per heavy atom. The van der Waals surface area contributed by atoms with Crippen LogP contribution in [0, 0.1) is 0 Å². The van der Waals surface area contributed by atoms with Crippen molar-refractivity contribution >= 4 is 28.9 Å². The van der Waals surface area contributed by atoms with Crippen LogP contribution in [0.5, 0.6) is 0 Å². The van der Waals surface area contributed by atoms with Crippen LogP contribution in [0.15, 0.2) is 0 Å². The molecule has 0 fully saturated rings. The van der Waals surface area contributed by atoms with E-state index in [0.29, 0.717) is 0 Å². The molecule has 5 heteroatoms. The van der Waals surface area contributed by atoms with E-state index in [-0.39, 0.29) is 0 Å². The number of rotatable bonds is 14. The SMILES string of the molecule is COCCCCCC[Si](Cl)(Cl)CCCCCCOC. The lowest BCUT2D eigenvalue weighted by atomic mass is 10.2. The second-order valence-corrected chi connectivity index (χ2v) is 12.8. The number of unbranched alkanes of at least 4 members (excludes halogenated alkanes) is 6. The smallest absolute Gasteiger partial charge is 0.251 e. The van der Waals surface area contributed by atoms with E-state index in [1.165, 1.54) is 38.5 Å². The second-order valence-electron chi connectivity index (χ2n) is 5.17. The van der Waals surface area contributed by atoms with Crippen molar-refractivity contribution in [2.24, 2.45) is 0 Å². The van der Waals surface area contributed by atoms with Gasteiger partial charge in [0.15, 0.2) is 0 Å². The van der Waals surface area contributed by atoms with Crippen LogP contribution in [-0.4, -0.2) is 34.1 Å². The normalized spacial score (nSPS) is 12.0. The molecule has 0 saturated heterocycles. The maximum absolute atomic E-state index is 6.47. The molecular formula is C14H30Cl2O2Si. The molecule has 0 N–H and O–H groups in total. The van der Waals surface area contributed by atoms with Gasteiger partial charge in [-0.25, -0.2) is 0 Å². The van der Waals surface area contributed by atoms with Gasteiger partial charge in [-0.3, -0.25) is 0 Å². The molecule has 0 aliphatic rings. The lowest BCUT2D eigenvalue weighted by Crippen LogP contribution is -2.18. The zero-order valence-corrected chi connectivity index (χ0v) is 15.1. The van der Waals surface area contributed by atoms with Crippen LogP contribution in [0.2, 0.25) is 12.1 Å². The Morgan fingerprint density at radius 2 is 1.00 bits per heavy atom. The van der Waals surface area contributed by atoms with E-state index in [1.807, 2.05) is 0 Å². The third kappa shape index (κ3) is 14.9. The molecule has 0 aromatic carbocycles. The summed E-state index contributed by atoms with van der Waals surface area (Å²) < 4.78 is 10.1. The van der Waals surface area contributed by atoms with Gasteiger partial charge in [0.05, 0.1) is 0 Å². The Balaban J connectivity index is 3.36. The lowest BCUT2D eigenvalue weighted by Gasteiger charge is -2.16.